The lowest BCUT2D eigenvalue weighted by Gasteiger charge is -2.11. The molecule has 0 N–H and O–H groups in total. The van der Waals surface area contributed by atoms with Crippen LogP contribution in [0.15, 0.2) is 30.3 Å². The standard InChI is InChI=1S/C11H9ClO3/c1-14-11-9(6-10(13)15-11)7-2-4-8(12)5-3-7/h2-6,11H,1H3. The van der Waals surface area contributed by atoms with Crippen LogP contribution in [0, 0.1) is 0 Å². The molecule has 1 aliphatic heterocycles. The number of esters is 1. The van der Waals surface area contributed by atoms with Crippen molar-refractivity contribution in [1.82, 2.24) is 0 Å². The van der Waals surface area contributed by atoms with Gasteiger partial charge in [-0.05, 0) is 17.7 Å². The number of benzene rings is 1. The minimum absolute atomic E-state index is 0.383. The first-order valence-corrected chi connectivity index (χ1v) is 4.79. The van der Waals surface area contributed by atoms with E-state index in [1.807, 2.05) is 12.1 Å². The predicted octanol–water partition coefficient (Wildman–Crippen LogP) is 2.25. The average molecular weight is 225 g/mol. The Morgan fingerprint density at radius 1 is 1.33 bits per heavy atom. The van der Waals surface area contributed by atoms with E-state index in [-0.39, 0.29) is 5.97 Å². The molecule has 1 aliphatic rings. The molecule has 0 amide bonds. The van der Waals surface area contributed by atoms with Gasteiger partial charge in [0.15, 0.2) is 0 Å². The Labute approximate surface area is 92.3 Å². The van der Waals surface area contributed by atoms with Gasteiger partial charge < -0.3 is 9.47 Å². The van der Waals surface area contributed by atoms with Crippen molar-refractivity contribution in [3.8, 4) is 0 Å². The summed E-state index contributed by atoms with van der Waals surface area (Å²) in [5, 5.41) is 0.651. The maximum absolute atomic E-state index is 11.1. The van der Waals surface area contributed by atoms with Crippen LogP contribution >= 0.6 is 11.6 Å². The molecule has 3 nitrogen and oxygen atoms in total. The van der Waals surface area contributed by atoms with Gasteiger partial charge >= 0.3 is 5.97 Å². The molecule has 0 bridgehead atoms. The largest absolute Gasteiger partial charge is 0.428 e. The van der Waals surface area contributed by atoms with Crippen molar-refractivity contribution in [3.05, 3.63) is 40.9 Å². The van der Waals surface area contributed by atoms with Crippen LogP contribution in [0.1, 0.15) is 5.56 Å². The maximum atomic E-state index is 11.1. The Morgan fingerprint density at radius 3 is 2.60 bits per heavy atom. The number of hydrogen-bond donors (Lipinski definition) is 0. The number of hydrogen-bond acceptors (Lipinski definition) is 3. The van der Waals surface area contributed by atoms with Crippen molar-refractivity contribution in [2.75, 3.05) is 7.11 Å². The molecule has 1 aromatic carbocycles. The summed E-state index contributed by atoms with van der Waals surface area (Å²) < 4.78 is 9.96. The first-order chi connectivity index (χ1) is 7.20. The second kappa shape index (κ2) is 4.04. The van der Waals surface area contributed by atoms with Crippen LogP contribution in [0.3, 0.4) is 0 Å². The number of halogens is 1. The SMILES string of the molecule is COC1OC(=O)C=C1c1ccc(Cl)cc1. The van der Waals surface area contributed by atoms with E-state index < -0.39 is 6.29 Å². The number of carbonyl (C=O) groups excluding carboxylic acids is 1. The fraction of sp³-hybridized carbons (Fsp3) is 0.182. The smallest absolute Gasteiger partial charge is 0.333 e. The van der Waals surface area contributed by atoms with Gasteiger partial charge in [-0.1, -0.05) is 23.7 Å². The number of rotatable bonds is 2. The monoisotopic (exact) mass is 224 g/mol. The summed E-state index contributed by atoms with van der Waals surface area (Å²) >= 11 is 5.77. The van der Waals surface area contributed by atoms with Gasteiger partial charge in [-0.3, -0.25) is 0 Å². The second-order valence-corrected chi connectivity index (χ2v) is 3.55. The summed E-state index contributed by atoms with van der Waals surface area (Å²) in [6.45, 7) is 0. The third-order valence-corrected chi connectivity index (χ3v) is 2.39. The van der Waals surface area contributed by atoms with Crippen molar-refractivity contribution in [2.24, 2.45) is 0 Å². The molecule has 0 saturated carbocycles. The highest BCUT2D eigenvalue weighted by Crippen LogP contribution is 2.27. The Bertz CT molecular complexity index is 408. The van der Waals surface area contributed by atoms with Crippen LogP contribution in [0.4, 0.5) is 0 Å². The first kappa shape index (κ1) is 10.2. The van der Waals surface area contributed by atoms with Crippen LogP contribution in [0.5, 0.6) is 0 Å². The van der Waals surface area contributed by atoms with Gasteiger partial charge in [0.05, 0.1) is 0 Å². The van der Waals surface area contributed by atoms with Gasteiger partial charge in [0.1, 0.15) is 0 Å². The molecule has 78 valence electrons. The van der Waals surface area contributed by atoms with Gasteiger partial charge in [-0.25, -0.2) is 4.79 Å². The van der Waals surface area contributed by atoms with Crippen LogP contribution in [0.25, 0.3) is 5.57 Å². The minimum Gasteiger partial charge on any atom is -0.428 e. The van der Waals surface area contributed by atoms with Gasteiger partial charge in [-0.2, -0.15) is 0 Å². The van der Waals surface area contributed by atoms with E-state index >= 15 is 0 Å². The summed E-state index contributed by atoms with van der Waals surface area (Å²) in [5.74, 6) is -0.383. The second-order valence-electron chi connectivity index (χ2n) is 3.11. The van der Waals surface area contributed by atoms with Crippen molar-refractivity contribution in [3.63, 3.8) is 0 Å². The zero-order valence-electron chi connectivity index (χ0n) is 8.07. The number of cyclic esters (lactones) is 1. The summed E-state index contributed by atoms with van der Waals surface area (Å²) in [6, 6.07) is 7.16. The molecule has 0 aromatic heterocycles. The highest BCUT2D eigenvalue weighted by Gasteiger charge is 2.26. The fourth-order valence-corrected chi connectivity index (χ4v) is 1.56. The fourth-order valence-electron chi connectivity index (χ4n) is 1.43. The zero-order chi connectivity index (χ0) is 10.8. The summed E-state index contributed by atoms with van der Waals surface area (Å²) in [5.41, 5.74) is 1.59. The Kier molecular flexibility index (Phi) is 2.75. The van der Waals surface area contributed by atoms with Crippen LogP contribution in [-0.2, 0) is 14.3 Å². The van der Waals surface area contributed by atoms with E-state index in [1.54, 1.807) is 12.1 Å². The van der Waals surface area contributed by atoms with E-state index in [0.717, 1.165) is 11.1 Å². The van der Waals surface area contributed by atoms with E-state index in [2.05, 4.69) is 0 Å². The highest BCUT2D eigenvalue weighted by atomic mass is 35.5. The van der Waals surface area contributed by atoms with Gasteiger partial charge in [0, 0.05) is 23.8 Å². The normalized spacial score (nSPS) is 20.0. The lowest BCUT2D eigenvalue weighted by molar-refractivity contribution is -0.153. The third kappa shape index (κ3) is 2.03. The lowest BCUT2D eigenvalue weighted by atomic mass is 10.1. The first-order valence-electron chi connectivity index (χ1n) is 4.41. The van der Waals surface area contributed by atoms with Crippen molar-refractivity contribution >= 4 is 23.1 Å². The molecular formula is C11H9ClO3. The molecule has 15 heavy (non-hydrogen) atoms. The van der Waals surface area contributed by atoms with E-state index in [9.17, 15) is 4.79 Å². The van der Waals surface area contributed by atoms with Crippen LogP contribution in [-0.4, -0.2) is 19.4 Å². The van der Waals surface area contributed by atoms with Crippen molar-refractivity contribution in [2.45, 2.75) is 6.29 Å². The molecule has 0 radical (unpaired) electrons. The molecule has 1 unspecified atom stereocenters. The summed E-state index contributed by atoms with van der Waals surface area (Å²) in [6.07, 6.45) is 0.816. The van der Waals surface area contributed by atoms with E-state index in [0.29, 0.717) is 5.02 Å². The summed E-state index contributed by atoms with van der Waals surface area (Å²) in [4.78, 5) is 11.1. The van der Waals surface area contributed by atoms with Crippen molar-refractivity contribution < 1.29 is 14.3 Å². The molecule has 1 heterocycles. The van der Waals surface area contributed by atoms with E-state index in [4.69, 9.17) is 21.1 Å². The van der Waals surface area contributed by atoms with Crippen molar-refractivity contribution in [1.29, 1.82) is 0 Å². The quantitative estimate of drug-likeness (QED) is 0.723. The Morgan fingerprint density at radius 2 is 2.00 bits per heavy atom. The van der Waals surface area contributed by atoms with E-state index in [1.165, 1.54) is 13.2 Å². The van der Waals surface area contributed by atoms with Crippen LogP contribution in [0.2, 0.25) is 5.02 Å². The molecule has 0 spiro atoms. The molecule has 1 atom stereocenters. The predicted molar refractivity (Wildman–Crippen MR) is 56.3 cm³/mol. The number of ether oxygens (including phenoxy) is 2. The van der Waals surface area contributed by atoms with Crippen LogP contribution < -0.4 is 0 Å². The average Bonchev–Trinajstić information content (AvgIpc) is 2.61. The minimum atomic E-state index is -0.612. The number of methoxy groups -OCH3 is 1. The zero-order valence-corrected chi connectivity index (χ0v) is 8.82. The topological polar surface area (TPSA) is 35.5 Å². The molecular weight excluding hydrogens is 216 g/mol. The highest BCUT2D eigenvalue weighted by molar-refractivity contribution is 6.30. The molecule has 0 fully saturated rings. The lowest BCUT2D eigenvalue weighted by Crippen LogP contribution is -2.13. The third-order valence-electron chi connectivity index (χ3n) is 2.14. The van der Waals surface area contributed by atoms with Gasteiger partial charge in [-0.15, -0.1) is 0 Å². The summed E-state index contributed by atoms with van der Waals surface area (Å²) in [7, 11) is 1.49. The number of carbonyl (C=O) groups is 1. The Hall–Kier alpha value is -1.32. The van der Waals surface area contributed by atoms with Gasteiger partial charge in [0.2, 0.25) is 6.29 Å². The Balaban J connectivity index is 2.33. The molecule has 2 rings (SSSR count). The molecule has 0 aliphatic carbocycles. The van der Waals surface area contributed by atoms with Gasteiger partial charge in [0.25, 0.3) is 0 Å². The molecule has 4 heteroatoms. The maximum Gasteiger partial charge on any atom is 0.333 e. The molecule has 1 aromatic rings. The molecule has 0 saturated heterocycles.